The standard InChI is InChI=1S/C35H40F3N5O4S/c1-21-7-5-8-22(2)30(21)28-14-29-40-32(39-28)41-48(45,46)27-10-6-9-23(13-27)31(44)43(25-17-33(18-25)15-24(16-33)42(3)4)26(20-47-29)19-34(11-12-34)35(36,37)38/h5-10,13-14,24-26H,11-12,15-20H2,1-4H3,(H,39,40,41)/t24-,25-,26-,33?/m1/s1. The second-order valence-corrected chi connectivity index (χ2v) is 16.2. The molecule has 1 amide bonds. The molecule has 1 atom stereocenters. The van der Waals surface area contributed by atoms with Crippen molar-refractivity contribution in [3.63, 3.8) is 0 Å². The van der Waals surface area contributed by atoms with Gasteiger partial charge in [-0.1, -0.05) is 24.3 Å². The van der Waals surface area contributed by atoms with Gasteiger partial charge >= 0.3 is 6.18 Å². The number of nitrogens with one attached hydrogen (secondary N) is 1. The second-order valence-electron chi connectivity index (χ2n) is 14.6. The van der Waals surface area contributed by atoms with Crippen LogP contribution >= 0.6 is 0 Å². The summed E-state index contributed by atoms with van der Waals surface area (Å²) < 4.78 is 79.4. The molecule has 256 valence electrons. The number of sulfonamides is 1. The minimum atomic E-state index is -4.44. The number of amides is 1. The quantitative estimate of drug-likeness (QED) is 0.333. The summed E-state index contributed by atoms with van der Waals surface area (Å²) in [5, 5.41) is 0. The summed E-state index contributed by atoms with van der Waals surface area (Å²) in [6.45, 7) is 3.56. The number of fused-ring (bicyclic) bond motifs is 4. The zero-order valence-corrected chi connectivity index (χ0v) is 28.3. The maximum absolute atomic E-state index is 14.5. The molecule has 4 aliphatic rings. The minimum Gasteiger partial charge on any atom is -0.475 e. The minimum absolute atomic E-state index is 0.00142. The van der Waals surface area contributed by atoms with Gasteiger partial charge in [0.25, 0.3) is 15.9 Å². The summed E-state index contributed by atoms with van der Waals surface area (Å²) >= 11 is 0. The van der Waals surface area contributed by atoms with Gasteiger partial charge in [-0.15, -0.1) is 0 Å². The fourth-order valence-electron chi connectivity index (χ4n) is 8.04. The zero-order chi connectivity index (χ0) is 34.2. The molecule has 0 radical (unpaired) electrons. The van der Waals surface area contributed by atoms with E-state index in [1.165, 1.54) is 24.3 Å². The Morgan fingerprint density at radius 1 is 1.00 bits per heavy atom. The van der Waals surface area contributed by atoms with Crippen LogP contribution in [0.15, 0.2) is 53.4 Å². The predicted molar refractivity (Wildman–Crippen MR) is 174 cm³/mol. The first-order valence-corrected chi connectivity index (χ1v) is 17.8. The first-order chi connectivity index (χ1) is 22.6. The lowest BCUT2D eigenvalue weighted by molar-refractivity contribution is -0.194. The van der Waals surface area contributed by atoms with E-state index in [0.29, 0.717) is 24.6 Å². The number of carbonyl (C=O) groups is 1. The van der Waals surface area contributed by atoms with Gasteiger partial charge < -0.3 is 14.5 Å². The van der Waals surface area contributed by atoms with Gasteiger partial charge in [0.1, 0.15) is 6.61 Å². The van der Waals surface area contributed by atoms with Gasteiger partial charge in [0, 0.05) is 29.3 Å². The van der Waals surface area contributed by atoms with Crippen LogP contribution in [0.3, 0.4) is 0 Å². The molecule has 3 aromatic rings. The molecule has 4 bridgehead atoms. The summed E-state index contributed by atoms with van der Waals surface area (Å²) in [6, 6.07) is 12.1. The van der Waals surface area contributed by atoms with E-state index in [9.17, 15) is 26.4 Å². The van der Waals surface area contributed by atoms with Gasteiger partial charge in [-0.05, 0) is 108 Å². The number of halogens is 3. The third kappa shape index (κ3) is 5.82. The number of hydrogen-bond acceptors (Lipinski definition) is 7. The molecule has 1 aliphatic heterocycles. The molecule has 0 saturated heterocycles. The summed E-state index contributed by atoms with van der Waals surface area (Å²) in [4.78, 5) is 26.9. The van der Waals surface area contributed by atoms with Gasteiger partial charge in [-0.3, -0.25) is 4.79 Å². The molecule has 2 aromatic carbocycles. The van der Waals surface area contributed by atoms with Crippen molar-refractivity contribution in [1.29, 1.82) is 0 Å². The number of ether oxygens (including phenoxy) is 1. The summed E-state index contributed by atoms with van der Waals surface area (Å²) in [5.74, 6) is -0.751. The number of aromatic nitrogens is 2. The van der Waals surface area contributed by atoms with Crippen molar-refractivity contribution >= 4 is 21.9 Å². The number of anilines is 1. The number of rotatable bonds is 5. The molecule has 7 rings (SSSR count). The Hall–Kier alpha value is -3.71. The zero-order valence-electron chi connectivity index (χ0n) is 27.5. The van der Waals surface area contributed by atoms with E-state index in [0.717, 1.165) is 29.5 Å². The van der Waals surface area contributed by atoms with Crippen molar-refractivity contribution in [2.45, 2.75) is 88.0 Å². The van der Waals surface area contributed by atoms with Crippen LogP contribution in [0.2, 0.25) is 0 Å². The highest BCUT2D eigenvalue weighted by Gasteiger charge is 2.65. The Labute approximate surface area is 278 Å². The average molecular weight is 684 g/mol. The van der Waals surface area contributed by atoms with Crippen molar-refractivity contribution < 1.29 is 31.1 Å². The van der Waals surface area contributed by atoms with Crippen molar-refractivity contribution in [3.8, 4) is 17.1 Å². The van der Waals surface area contributed by atoms with Crippen LogP contribution in [-0.2, 0) is 10.0 Å². The molecule has 3 saturated carbocycles. The highest BCUT2D eigenvalue weighted by molar-refractivity contribution is 7.92. The van der Waals surface area contributed by atoms with Crippen molar-refractivity contribution in [2.75, 3.05) is 25.4 Å². The summed E-state index contributed by atoms with van der Waals surface area (Å²) in [5.41, 5.74) is 1.16. The number of aryl methyl sites for hydroxylation is 2. The Morgan fingerprint density at radius 3 is 2.29 bits per heavy atom. The van der Waals surface area contributed by atoms with Crippen LogP contribution in [0.1, 0.15) is 66.4 Å². The lowest BCUT2D eigenvalue weighted by atomic mass is 9.51. The van der Waals surface area contributed by atoms with Crippen molar-refractivity contribution in [2.24, 2.45) is 10.8 Å². The van der Waals surface area contributed by atoms with Gasteiger partial charge in [0.15, 0.2) is 0 Å². The van der Waals surface area contributed by atoms with E-state index in [4.69, 9.17) is 4.74 Å². The molecule has 2 heterocycles. The Kier molecular flexibility index (Phi) is 7.82. The molecule has 1 aromatic heterocycles. The van der Waals surface area contributed by atoms with Crippen LogP contribution in [0.4, 0.5) is 19.1 Å². The van der Waals surface area contributed by atoms with Gasteiger partial charge in [-0.25, -0.2) is 18.1 Å². The average Bonchev–Trinajstić information content (AvgIpc) is 3.76. The molecule has 1 N–H and O–H groups in total. The van der Waals surface area contributed by atoms with Crippen LogP contribution in [-0.4, -0.2) is 79.1 Å². The first kappa shape index (κ1) is 32.8. The van der Waals surface area contributed by atoms with Gasteiger partial charge in [0.05, 0.1) is 22.0 Å². The third-order valence-corrected chi connectivity index (χ3v) is 12.3. The van der Waals surface area contributed by atoms with Crippen LogP contribution in [0.25, 0.3) is 11.3 Å². The van der Waals surface area contributed by atoms with Crippen molar-refractivity contribution in [1.82, 2.24) is 19.8 Å². The maximum Gasteiger partial charge on any atom is 0.394 e. The molecule has 13 heteroatoms. The van der Waals surface area contributed by atoms with Crippen LogP contribution < -0.4 is 9.46 Å². The monoisotopic (exact) mass is 683 g/mol. The topological polar surface area (TPSA) is 105 Å². The lowest BCUT2D eigenvalue weighted by Gasteiger charge is -2.62. The lowest BCUT2D eigenvalue weighted by Crippen LogP contribution is -2.63. The van der Waals surface area contributed by atoms with E-state index < -0.39 is 33.6 Å². The first-order valence-electron chi connectivity index (χ1n) is 16.4. The molecular weight excluding hydrogens is 643 g/mol. The molecule has 3 fully saturated rings. The van der Waals surface area contributed by atoms with Crippen LogP contribution in [0, 0.1) is 24.7 Å². The fourth-order valence-corrected chi connectivity index (χ4v) is 9.03. The number of nitrogens with zero attached hydrogens (tertiary/aromatic N) is 4. The second kappa shape index (κ2) is 11.4. The molecule has 9 nitrogen and oxygen atoms in total. The summed E-state index contributed by atoms with van der Waals surface area (Å²) in [7, 11) is -0.189. The Morgan fingerprint density at radius 2 is 1.67 bits per heavy atom. The van der Waals surface area contributed by atoms with E-state index in [-0.39, 0.29) is 59.6 Å². The predicted octanol–water partition coefficient (Wildman–Crippen LogP) is 6.37. The van der Waals surface area contributed by atoms with Gasteiger partial charge in [-0.2, -0.15) is 18.2 Å². The maximum atomic E-state index is 14.5. The summed E-state index contributed by atoms with van der Waals surface area (Å²) in [6.07, 6.45) is -1.50. The molecule has 48 heavy (non-hydrogen) atoms. The normalized spacial score (nSPS) is 27.5. The molecule has 3 aliphatic carbocycles. The Balaban J connectivity index is 1.33. The molecule has 0 unspecified atom stereocenters. The van der Waals surface area contributed by atoms with E-state index >= 15 is 0 Å². The van der Waals surface area contributed by atoms with E-state index in [2.05, 4.69) is 19.6 Å². The molecular formula is C35H40F3N5O4S. The number of alkyl halides is 3. The number of carbonyl (C=O) groups excluding carboxylic acids is 1. The fraction of sp³-hybridized carbons (Fsp3) is 0.514. The van der Waals surface area contributed by atoms with Crippen molar-refractivity contribution in [3.05, 3.63) is 65.2 Å². The number of hydrogen-bond donors (Lipinski definition) is 1. The smallest absolute Gasteiger partial charge is 0.394 e. The number of benzene rings is 2. The Bertz CT molecular complexity index is 1840. The van der Waals surface area contributed by atoms with Crippen LogP contribution in [0.5, 0.6) is 5.88 Å². The highest BCUT2D eigenvalue weighted by Crippen LogP contribution is 2.62. The van der Waals surface area contributed by atoms with E-state index in [1.807, 2.05) is 46.1 Å². The van der Waals surface area contributed by atoms with E-state index in [1.54, 1.807) is 11.0 Å². The highest BCUT2D eigenvalue weighted by atomic mass is 32.2. The van der Waals surface area contributed by atoms with Gasteiger partial charge in [0.2, 0.25) is 11.8 Å². The molecule has 1 spiro atoms. The third-order valence-electron chi connectivity index (χ3n) is 11.0. The largest absolute Gasteiger partial charge is 0.475 e. The SMILES string of the molecule is Cc1cccc(C)c1-c1cc2nc(n1)NS(=O)(=O)c1cccc(c1)C(=O)N([C@H]1CC3(C[C@H](N(C)C)C3)C1)[C@H](CC1(C(F)(F)F)CC1)CO2.